The van der Waals surface area contributed by atoms with Crippen molar-refractivity contribution in [3.63, 3.8) is 0 Å². The van der Waals surface area contributed by atoms with Crippen LogP contribution in [0.1, 0.15) is 10.4 Å². The molecule has 2 aromatic carbocycles. The first-order valence-corrected chi connectivity index (χ1v) is 8.21. The van der Waals surface area contributed by atoms with Crippen LogP contribution < -0.4 is 20.9 Å². The average molecular weight is 398 g/mol. The quantitative estimate of drug-likeness (QED) is 0.409. The molecule has 10 nitrogen and oxygen atoms in total. The van der Waals surface area contributed by atoms with Gasteiger partial charge in [0.1, 0.15) is 17.9 Å². The standard InChI is InChI=1S/C18H15FN6O4/c1-29-14-5-3-2-4-13(14)18(26)24-23-17-15(25(27)28)16(20-10-21-17)22-12-8-6-11(19)7-9-12/h2-10H,1H3,(H,24,26)(H2,20,21,22,23). The van der Waals surface area contributed by atoms with Gasteiger partial charge >= 0.3 is 5.69 Å². The van der Waals surface area contributed by atoms with Crippen LogP contribution in [0, 0.1) is 15.9 Å². The SMILES string of the molecule is COc1ccccc1C(=O)NNc1ncnc(Nc2ccc(F)cc2)c1[N+](=O)[O-]. The Balaban J connectivity index is 1.83. The third-order valence-electron chi connectivity index (χ3n) is 3.76. The summed E-state index contributed by atoms with van der Waals surface area (Å²) in [5.41, 5.74) is 4.88. The highest BCUT2D eigenvalue weighted by Crippen LogP contribution is 2.30. The number of ether oxygens (including phenoxy) is 1. The number of halogens is 1. The maximum atomic E-state index is 13.0. The number of amides is 1. The lowest BCUT2D eigenvalue weighted by atomic mass is 10.2. The summed E-state index contributed by atoms with van der Waals surface area (Å²) in [6.07, 6.45) is 1.08. The molecule has 0 radical (unpaired) electrons. The minimum Gasteiger partial charge on any atom is -0.496 e. The number of benzene rings is 2. The van der Waals surface area contributed by atoms with Crippen molar-refractivity contribution in [2.24, 2.45) is 0 Å². The summed E-state index contributed by atoms with van der Waals surface area (Å²) in [7, 11) is 1.42. The number of aromatic nitrogens is 2. The number of carbonyl (C=O) groups excluding carboxylic acids is 1. The van der Waals surface area contributed by atoms with Gasteiger partial charge in [0.25, 0.3) is 5.91 Å². The maximum absolute atomic E-state index is 13.0. The summed E-state index contributed by atoms with van der Waals surface area (Å²) < 4.78 is 18.2. The van der Waals surface area contributed by atoms with E-state index >= 15 is 0 Å². The second-order valence-electron chi connectivity index (χ2n) is 5.59. The first kappa shape index (κ1) is 19.5. The molecule has 0 fully saturated rings. The minimum absolute atomic E-state index is 0.134. The predicted octanol–water partition coefficient (Wildman–Crippen LogP) is 3.03. The number of hydrogen-bond donors (Lipinski definition) is 3. The molecule has 1 amide bonds. The van der Waals surface area contributed by atoms with Crippen LogP contribution in [0.25, 0.3) is 0 Å². The summed E-state index contributed by atoms with van der Waals surface area (Å²) in [6.45, 7) is 0. The zero-order chi connectivity index (χ0) is 20.8. The predicted molar refractivity (Wildman–Crippen MR) is 102 cm³/mol. The number of carbonyl (C=O) groups is 1. The van der Waals surface area contributed by atoms with Gasteiger partial charge in [-0.2, -0.15) is 0 Å². The number of nitrogens with one attached hydrogen (secondary N) is 3. The van der Waals surface area contributed by atoms with Gasteiger partial charge in [-0.1, -0.05) is 12.1 Å². The molecule has 3 aromatic rings. The number of nitrogens with zero attached hydrogens (tertiary/aromatic N) is 3. The van der Waals surface area contributed by atoms with Crippen LogP contribution in [-0.2, 0) is 0 Å². The topological polar surface area (TPSA) is 131 Å². The molecule has 0 saturated heterocycles. The van der Waals surface area contributed by atoms with Gasteiger partial charge in [-0.15, -0.1) is 0 Å². The monoisotopic (exact) mass is 398 g/mol. The number of para-hydroxylation sites is 1. The van der Waals surface area contributed by atoms with Gasteiger partial charge < -0.3 is 10.1 Å². The molecule has 0 unspecified atom stereocenters. The second kappa shape index (κ2) is 8.61. The van der Waals surface area contributed by atoms with E-state index in [1.165, 1.54) is 37.4 Å². The first-order chi connectivity index (χ1) is 14.0. The molecule has 0 aliphatic heterocycles. The minimum atomic E-state index is -0.705. The van der Waals surface area contributed by atoms with Crippen LogP contribution in [0.2, 0.25) is 0 Å². The molecule has 0 aliphatic carbocycles. The molecular weight excluding hydrogens is 383 g/mol. The van der Waals surface area contributed by atoms with Crippen LogP contribution in [-0.4, -0.2) is 27.9 Å². The molecule has 0 saturated carbocycles. The van der Waals surface area contributed by atoms with Crippen molar-refractivity contribution in [2.75, 3.05) is 17.9 Å². The molecular formula is C18H15FN6O4. The highest BCUT2D eigenvalue weighted by atomic mass is 19.1. The molecule has 148 valence electrons. The zero-order valence-electron chi connectivity index (χ0n) is 15.0. The third kappa shape index (κ3) is 4.53. The van der Waals surface area contributed by atoms with Crippen molar-refractivity contribution in [3.8, 4) is 5.75 Å². The Kier molecular flexibility index (Phi) is 5.78. The Morgan fingerprint density at radius 2 is 1.79 bits per heavy atom. The van der Waals surface area contributed by atoms with E-state index < -0.39 is 22.3 Å². The summed E-state index contributed by atoms with van der Waals surface area (Å²) in [5, 5.41) is 14.3. The van der Waals surface area contributed by atoms with Crippen molar-refractivity contribution < 1.29 is 18.8 Å². The molecule has 1 aromatic heterocycles. The number of nitro groups is 1. The molecule has 0 aliphatic rings. The summed E-state index contributed by atoms with van der Waals surface area (Å²) in [6, 6.07) is 11.7. The summed E-state index contributed by atoms with van der Waals surface area (Å²) in [5.74, 6) is -1.07. The molecule has 0 spiro atoms. The molecule has 3 N–H and O–H groups in total. The molecule has 11 heteroatoms. The highest BCUT2D eigenvalue weighted by molar-refractivity contribution is 5.97. The zero-order valence-corrected chi connectivity index (χ0v) is 15.0. The van der Waals surface area contributed by atoms with Crippen molar-refractivity contribution in [2.45, 2.75) is 0 Å². The van der Waals surface area contributed by atoms with Gasteiger partial charge in [0.15, 0.2) is 0 Å². The van der Waals surface area contributed by atoms with E-state index in [2.05, 4.69) is 26.1 Å². The fraction of sp³-hybridized carbons (Fsp3) is 0.0556. The van der Waals surface area contributed by atoms with E-state index in [-0.39, 0.29) is 17.2 Å². The third-order valence-corrected chi connectivity index (χ3v) is 3.76. The maximum Gasteiger partial charge on any atom is 0.355 e. The molecule has 3 rings (SSSR count). The van der Waals surface area contributed by atoms with Crippen LogP contribution in [0.4, 0.5) is 27.4 Å². The van der Waals surface area contributed by atoms with E-state index in [4.69, 9.17) is 4.74 Å². The van der Waals surface area contributed by atoms with Crippen molar-refractivity contribution >= 4 is 28.9 Å². The van der Waals surface area contributed by atoms with Crippen LogP contribution >= 0.6 is 0 Å². The van der Waals surface area contributed by atoms with E-state index in [0.29, 0.717) is 11.4 Å². The largest absolute Gasteiger partial charge is 0.496 e. The Hall–Kier alpha value is -4.28. The lowest BCUT2D eigenvalue weighted by Crippen LogP contribution is -2.30. The normalized spacial score (nSPS) is 10.1. The molecule has 0 bridgehead atoms. The van der Waals surface area contributed by atoms with Gasteiger partial charge in [0.05, 0.1) is 17.6 Å². The van der Waals surface area contributed by atoms with Gasteiger partial charge in [0, 0.05) is 5.69 Å². The first-order valence-electron chi connectivity index (χ1n) is 8.21. The number of anilines is 3. The Morgan fingerprint density at radius 1 is 1.10 bits per heavy atom. The molecule has 0 atom stereocenters. The van der Waals surface area contributed by atoms with Crippen LogP contribution in [0.15, 0.2) is 54.9 Å². The number of hydrogen-bond acceptors (Lipinski definition) is 8. The second-order valence-corrected chi connectivity index (χ2v) is 5.59. The fourth-order valence-corrected chi connectivity index (χ4v) is 2.42. The Labute approximate surface area is 163 Å². The lowest BCUT2D eigenvalue weighted by Gasteiger charge is -2.12. The number of rotatable bonds is 7. The van der Waals surface area contributed by atoms with E-state index in [1.807, 2.05) is 0 Å². The van der Waals surface area contributed by atoms with Crippen molar-refractivity contribution in [1.82, 2.24) is 15.4 Å². The lowest BCUT2D eigenvalue weighted by molar-refractivity contribution is -0.383. The fourth-order valence-electron chi connectivity index (χ4n) is 2.42. The summed E-state index contributed by atoms with van der Waals surface area (Å²) in [4.78, 5) is 30.9. The van der Waals surface area contributed by atoms with Gasteiger partial charge in [0.2, 0.25) is 11.6 Å². The molecule has 29 heavy (non-hydrogen) atoms. The smallest absolute Gasteiger partial charge is 0.355 e. The number of methoxy groups -OCH3 is 1. The Morgan fingerprint density at radius 3 is 2.48 bits per heavy atom. The van der Waals surface area contributed by atoms with Gasteiger partial charge in [-0.25, -0.2) is 14.4 Å². The van der Waals surface area contributed by atoms with Crippen molar-refractivity contribution in [1.29, 1.82) is 0 Å². The van der Waals surface area contributed by atoms with Gasteiger partial charge in [-0.05, 0) is 36.4 Å². The van der Waals surface area contributed by atoms with Crippen LogP contribution in [0.5, 0.6) is 5.75 Å². The summed E-state index contributed by atoms with van der Waals surface area (Å²) >= 11 is 0. The Bertz CT molecular complexity index is 1040. The average Bonchev–Trinajstić information content (AvgIpc) is 2.73. The van der Waals surface area contributed by atoms with Crippen LogP contribution in [0.3, 0.4) is 0 Å². The number of hydrazine groups is 1. The van der Waals surface area contributed by atoms with Crippen molar-refractivity contribution in [3.05, 3.63) is 76.4 Å². The van der Waals surface area contributed by atoms with E-state index in [1.54, 1.807) is 18.2 Å². The van der Waals surface area contributed by atoms with E-state index in [9.17, 15) is 19.3 Å². The molecule has 1 heterocycles. The van der Waals surface area contributed by atoms with Gasteiger partial charge in [-0.3, -0.25) is 25.8 Å². The highest BCUT2D eigenvalue weighted by Gasteiger charge is 2.24. The van der Waals surface area contributed by atoms with E-state index in [0.717, 1.165) is 6.33 Å².